The van der Waals surface area contributed by atoms with Gasteiger partial charge in [0.05, 0.1) is 17.2 Å². The minimum absolute atomic E-state index is 0.168. The molecule has 0 radical (unpaired) electrons. The molecule has 0 unspecified atom stereocenters. The Balaban J connectivity index is 1.66. The second kappa shape index (κ2) is 9.12. The van der Waals surface area contributed by atoms with Crippen molar-refractivity contribution in [1.29, 1.82) is 0 Å². The largest absolute Gasteiger partial charge is 0.396 e. The Morgan fingerprint density at radius 2 is 1.82 bits per heavy atom. The number of aliphatic hydroxyl groups excluding tert-OH is 1. The van der Waals surface area contributed by atoms with Crippen molar-refractivity contribution < 1.29 is 15.0 Å². The van der Waals surface area contributed by atoms with E-state index in [1.54, 1.807) is 19.9 Å². The summed E-state index contributed by atoms with van der Waals surface area (Å²) >= 11 is 0. The maximum absolute atomic E-state index is 13.1. The van der Waals surface area contributed by atoms with Gasteiger partial charge in [-0.3, -0.25) is 9.48 Å². The van der Waals surface area contributed by atoms with Gasteiger partial charge in [-0.05, 0) is 69.7 Å². The van der Waals surface area contributed by atoms with Gasteiger partial charge < -0.3 is 15.5 Å². The van der Waals surface area contributed by atoms with Gasteiger partial charge in [0.1, 0.15) is 5.69 Å². The second-order valence-electron chi connectivity index (χ2n) is 11.1. The Morgan fingerprint density at radius 3 is 2.44 bits per heavy atom. The number of amides is 1. The van der Waals surface area contributed by atoms with Crippen LogP contribution in [-0.4, -0.2) is 37.5 Å². The molecular formula is C27H36N4O3. The number of anilines is 1. The number of aromatic nitrogens is 3. The Kier molecular flexibility index (Phi) is 6.53. The molecule has 1 saturated carbocycles. The molecule has 0 spiro atoms. The number of fused-ring (bicyclic) bond motifs is 1. The Hall–Kier alpha value is -2.77. The fourth-order valence-electron chi connectivity index (χ4n) is 4.64. The number of nitrogens with one attached hydrogen (secondary N) is 1. The number of nitrogens with zero attached hydrogens (tertiary/aromatic N) is 3. The van der Waals surface area contributed by atoms with E-state index in [9.17, 15) is 15.0 Å². The first-order valence-electron chi connectivity index (χ1n) is 12.1. The molecule has 0 atom stereocenters. The van der Waals surface area contributed by atoms with Crippen LogP contribution in [-0.2, 0) is 11.0 Å². The van der Waals surface area contributed by atoms with E-state index in [-0.39, 0.29) is 17.9 Å². The molecule has 0 bridgehead atoms. The minimum Gasteiger partial charge on any atom is -0.396 e. The monoisotopic (exact) mass is 464 g/mol. The quantitative estimate of drug-likeness (QED) is 0.497. The zero-order chi connectivity index (χ0) is 24.7. The van der Waals surface area contributed by atoms with Crippen molar-refractivity contribution in [2.75, 3.05) is 11.9 Å². The van der Waals surface area contributed by atoms with Gasteiger partial charge >= 0.3 is 0 Å². The van der Waals surface area contributed by atoms with Crippen LogP contribution in [0.5, 0.6) is 0 Å². The van der Waals surface area contributed by atoms with E-state index in [2.05, 4.69) is 31.1 Å². The summed E-state index contributed by atoms with van der Waals surface area (Å²) in [6, 6.07) is 9.51. The molecule has 2 aromatic heterocycles. The first-order chi connectivity index (χ1) is 16.0. The van der Waals surface area contributed by atoms with E-state index < -0.39 is 5.60 Å². The highest BCUT2D eigenvalue weighted by molar-refractivity contribution is 6.04. The van der Waals surface area contributed by atoms with E-state index in [1.165, 1.54) is 0 Å². The third-order valence-electron chi connectivity index (χ3n) is 6.77. The summed E-state index contributed by atoms with van der Waals surface area (Å²) in [5.41, 5.74) is 1.79. The van der Waals surface area contributed by atoms with Crippen molar-refractivity contribution in [2.45, 2.75) is 77.4 Å². The molecule has 2 heterocycles. The maximum atomic E-state index is 13.1. The normalized spacial score (nSPS) is 19.4. The van der Waals surface area contributed by atoms with Crippen molar-refractivity contribution in [3.8, 4) is 0 Å². The topological polar surface area (TPSA) is 100 Å². The molecule has 0 saturated heterocycles. The van der Waals surface area contributed by atoms with E-state index in [4.69, 9.17) is 5.10 Å². The average Bonchev–Trinajstić information content (AvgIpc) is 3.20. The van der Waals surface area contributed by atoms with Crippen LogP contribution in [0.15, 0.2) is 36.5 Å². The van der Waals surface area contributed by atoms with Gasteiger partial charge in [-0.15, -0.1) is 0 Å². The number of hydrogen-bond donors (Lipinski definition) is 3. The lowest BCUT2D eigenvalue weighted by atomic mass is 9.87. The first-order valence-corrected chi connectivity index (χ1v) is 12.1. The molecule has 1 amide bonds. The highest BCUT2D eigenvalue weighted by Crippen LogP contribution is 2.35. The summed E-state index contributed by atoms with van der Waals surface area (Å²) in [4.78, 5) is 17.7. The van der Waals surface area contributed by atoms with E-state index in [1.807, 2.05) is 35.1 Å². The molecule has 1 fully saturated rings. The number of carbonyl (C=O) groups is 1. The third-order valence-corrected chi connectivity index (χ3v) is 6.77. The molecule has 1 aromatic carbocycles. The van der Waals surface area contributed by atoms with Crippen LogP contribution in [0.1, 0.15) is 88.1 Å². The number of rotatable bonds is 5. The summed E-state index contributed by atoms with van der Waals surface area (Å²) in [5.74, 6) is 0.0703. The number of carbonyl (C=O) groups excluding carboxylic acids is 1. The molecule has 0 aliphatic heterocycles. The molecule has 1 aliphatic rings. The number of aliphatic hydroxyl groups is 2. The van der Waals surface area contributed by atoms with Crippen LogP contribution in [0.4, 0.5) is 5.69 Å². The Bertz CT molecular complexity index is 1180. The predicted molar refractivity (Wildman–Crippen MR) is 134 cm³/mol. The van der Waals surface area contributed by atoms with Crippen LogP contribution in [0.3, 0.4) is 0 Å². The number of pyridine rings is 1. The molecule has 7 nitrogen and oxygen atoms in total. The maximum Gasteiger partial charge on any atom is 0.274 e. The van der Waals surface area contributed by atoms with E-state index in [0.717, 1.165) is 42.3 Å². The van der Waals surface area contributed by atoms with Gasteiger partial charge in [0.25, 0.3) is 5.91 Å². The van der Waals surface area contributed by atoms with Crippen LogP contribution < -0.4 is 5.32 Å². The second-order valence-corrected chi connectivity index (χ2v) is 11.1. The lowest BCUT2D eigenvalue weighted by molar-refractivity contribution is 0.0793. The highest BCUT2D eigenvalue weighted by Gasteiger charge is 2.26. The third kappa shape index (κ3) is 5.15. The summed E-state index contributed by atoms with van der Waals surface area (Å²) in [7, 11) is 0. The van der Waals surface area contributed by atoms with Crippen molar-refractivity contribution >= 4 is 22.5 Å². The summed E-state index contributed by atoms with van der Waals surface area (Å²) in [6.45, 7) is 9.84. The van der Waals surface area contributed by atoms with Gasteiger partial charge in [0.2, 0.25) is 0 Å². The van der Waals surface area contributed by atoms with Crippen molar-refractivity contribution in [3.05, 3.63) is 53.5 Å². The molecule has 1 aliphatic carbocycles. The average molecular weight is 465 g/mol. The van der Waals surface area contributed by atoms with Gasteiger partial charge in [0, 0.05) is 40.5 Å². The van der Waals surface area contributed by atoms with E-state index >= 15 is 0 Å². The van der Waals surface area contributed by atoms with Crippen molar-refractivity contribution in [2.24, 2.45) is 5.92 Å². The lowest BCUT2D eigenvalue weighted by Gasteiger charge is -2.27. The van der Waals surface area contributed by atoms with E-state index in [0.29, 0.717) is 28.9 Å². The SMILES string of the molecule is CC(C)(C)c1cccc(C(=O)Nc2cc3cn([C@H]4CC[C@H](CO)CC4)nc3cc2C(C)(C)O)n1. The molecule has 182 valence electrons. The van der Waals surface area contributed by atoms with Crippen LogP contribution >= 0.6 is 0 Å². The predicted octanol–water partition coefficient (Wildman–Crippen LogP) is 4.93. The fraction of sp³-hybridized carbons (Fsp3) is 0.519. The van der Waals surface area contributed by atoms with Crippen molar-refractivity contribution in [1.82, 2.24) is 14.8 Å². The lowest BCUT2D eigenvalue weighted by Crippen LogP contribution is -2.22. The van der Waals surface area contributed by atoms with Gasteiger partial charge in [0.15, 0.2) is 0 Å². The minimum atomic E-state index is -1.17. The molecule has 7 heteroatoms. The van der Waals surface area contributed by atoms with Crippen LogP contribution in [0.2, 0.25) is 0 Å². The first kappa shape index (κ1) is 24.4. The summed E-state index contributed by atoms with van der Waals surface area (Å²) in [5, 5.41) is 29.0. The molecule has 3 N–H and O–H groups in total. The van der Waals surface area contributed by atoms with Crippen molar-refractivity contribution in [3.63, 3.8) is 0 Å². The van der Waals surface area contributed by atoms with Gasteiger partial charge in [-0.2, -0.15) is 5.10 Å². The number of hydrogen-bond acceptors (Lipinski definition) is 5. The summed E-state index contributed by atoms with van der Waals surface area (Å²) < 4.78 is 2.01. The standard InChI is InChI=1S/C27H36N4O3/c1-26(2,3)24-8-6-7-21(28-24)25(33)29-23-13-18-15-31(19-11-9-17(16-32)10-12-19)30-22(18)14-20(23)27(4,5)34/h6-8,13-15,17,19,32,34H,9-12,16H2,1-5H3,(H,29,33)/t17-,19-. The molecule has 34 heavy (non-hydrogen) atoms. The zero-order valence-corrected chi connectivity index (χ0v) is 20.8. The van der Waals surface area contributed by atoms with Gasteiger partial charge in [-0.1, -0.05) is 26.8 Å². The highest BCUT2D eigenvalue weighted by atomic mass is 16.3. The molecule has 4 rings (SSSR count). The number of benzene rings is 1. The fourth-order valence-corrected chi connectivity index (χ4v) is 4.64. The Morgan fingerprint density at radius 1 is 1.12 bits per heavy atom. The molecular weight excluding hydrogens is 428 g/mol. The van der Waals surface area contributed by atoms with Crippen LogP contribution in [0.25, 0.3) is 10.9 Å². The summed E-state index contributed by atoms with van der Waals surface area (Å²) in [6.07, 6.45) is 5.97. The molecule has 3 aromatic rings. The van der Waals surface area contributed by atoms with Gasteiger partial charge in [-0.25, -0.2) is 4.98 Å². The zero-order valence-electron chi connectivity index (χ0n) is 20.8. The Labute approximate surface area is 201 Å². The van der Waals surface area contributed by atoms with Crippen LogP contribution in [0, 0.1) is 5.92 Å². The smallest absolute Gasteiger partial charge is 0.274 e.